The van der Waals surface area contributed by atoms with Gasteiger partial charge in [0.2, 0.25) is 0 Å². The van der Waals surface area contributed by atoms with Gasteiger partial charge < -0.3 is 10.0 Å². The van der Waals surface area contributed by atoms with E-state index in [1.54, 1.807) is 0 Å². The zero-order valence-corrected chi connectivity index (χ0v) is 12.2. The Balaban J connectivity index is 2.07. The minimum Gasteiger partial charge on any atom is -0.396 e. The second-order valence-electron chi connectivity index (χ2n) is 5.35. The van der Waals surface area contributed by atoms with Crippen molar-refractivity contribution in [1.29, 1.82) is 0 Å². The molecule has 2 aromatic rings. The maximum absolute atomic E-state index is 9.28. The first-order valence-electron chi connectivity index (χ1n) is 7.22. The van der Waals surface area contributed by atoms with Gasteiger partial charge in [0.05, 0.1) is 0 Å². The van der Waals surface area contributed by atoms with Gasteiger partial charge in [0, 0.05) is 24.6 Å². The lowest BCUT2D eigenvalue weighted by Gasteiger charge is -2.37. The summed E-state index contributed by atoms with van der Waals surface area (Å²) in [4.78, 5) is 6.89. The van der Waals surface area contributed by atoms with E-state index in [1.165, 1.54) is 12.8 Å². The predicted octanol–water partition coefficient (Wildman–Crippen LogP) is 3.63. The number of pyridine rings is 1. The molecule has 1 unspecified atom stereocenters. The molecule has 1 N–H and O–H groups in total. The van der Waals surface area contributed by atoms with Gasteiger partial charge in [0.1, 0.15) is 11.0 Å². The Bertz CT molecular complexity index is 600. The lowest BCUT2D eigenvalue weighted by Crippen LogP contribution is -2.40. The largest absolute Gasteiger partial charge is 0.396 e. The van der Waals surface area contributed by atoms with Crippen LogP contribution >= 0.6 is 11.6 Å². The molecule has 1 aromatic carbocycles. The number of fused-ring (bicyclic) bond motifs is 1. The van der Waals surface area contributed by atoms with Gasteiger partial charge in [-0.1, -0.05) is 35.9 Å². The fraction of sp³-hybridized carbons (Fsp3) is 0.438. The summed E-state index contributed by atoms with van der Waals surface area (Å²) in [6.07, 6.45) is 4.30. The monoisotopic (exact) mass is 290 g/mol. The fourth-order valence-electron chi connectivity index (χ4n) is 3.10. The van der Waals surface area contributed by atoms with Crippen molar-refractivity contribution in [2.45, 2.75) is 31.7 Å². The van der Waals surface area contributed by atoms with E-state index >= 15 is 0 Å². The molecule has 0 bridgehead atoms. The smallest absolute Gasteiger partial charge is 0.138 e. The Morgan fingerprint density at radius 2 is 2.15 bits per heavy atom. The Labute approximate surface area is 124 Å². The van der Waals surface area contributed by atoms with Crippen molar-refractivity contribution < 1.29 is 5.11 Å². The molecular weight excluding hydrogens is 272 g/mol. The first-order valence-corrected chi connectivity index (χ1v) is 7.60. The predicted molar refractivity (Wildman–Crippen MR) is 83.4 cm³/mol. The minimum atomic E-state index is 0.222. The molecule has 4 heteroatoms. The highest BCUT2D eigenvalue weighted by Crippen LogP contribution is 2.32. The van der Waals surface area contributed by atoms with Gasteiger partial charge in [-0.2, -0.15) is 0 Å². The van der Waals surface area contributed by atoms with Crippen LogP contribution in [0.5, 0.6) is 0 Å². The van der Waals surface area contributed by atoms with Crippen molar-refractivity contribution in [3.63, 3.8) is 0 Å². The standard InChI is InChI=1S/C16H19ClN2O/c17-15-11-12-5-1-2-7-14(12)16(18-15)19-9-4-3-6-13(19)8-10-20/h1-2,5,7,11,13,20H,3-4,6,8-10H2. The van der Waals surface area contributed by atoms with Crippen LogP contribution in [0.15, 0.2) is 30.3 Å². The number of benzene rings is 1. The summed E-state index contributed by atoms with van der Waals surface area (Å²) < 4.78 is 0. The molecule has 1 aromatic heterocycles. The van der Waals surface area contributed by atoms with Gasteiger partial charge in [-0.15, -0.1) is 0 Å². The fourth-order valence-corrected chi connectivity index (χ4v) is 3.29. The van der Waals surface area contributed by atoms with Crippen molar-refractivity contribution in [1.82, 2.24) is 4.98 Å². The maximum Gasteiger partial charge on any atom is 0.138 e. The summed E-state index contributed by atoms with van der Waals surface area (Å²) in [6, 6.07) is 10.5. The number of piperidine rings is 1. The Kier molecular flexibility index (Phi) is 4.08. The third-order valence-corrected chi connectivity index (χ3v) is 4.24. The van der Waals surface area contributed by atoms with Crippen molar-refractivity contribution >= 4 is 28.2 Å². The molecule has 3 nitrogen and oxygen atoms in total. The lowest BCUT2D eigenvalue weighted by molar-refractivity contribution is 0.262. The Hall–Kier alpha value is -1.32. The van der Waals surface area contributed by atoms with Gasteiger partial charge in [0.15, 0.2) is 0 Å². The molecule has 20 heavy (non-hydrogen) atoms. The zero-order chi connectivity index (χ0) is 13.9. The van der Waals surface area contributed by atoms with Gasteiger partial charge in [-0.3, -0.25) is 0 Å². The second kappa shape index (κ2) is 5.98. The molecule has 0 spiro atoms. The third kappa shape index (κ3) is 2.60. The molecule has 0 radical (unpaired) electrons. The number of aromatic nitrogens is 1. The molecule has 3 rings (SSSR count). The molecule has 0 amide bonds. The first-order chi connectivity index (χ1) is 9.79. The summed E-state index contributed by atoms with van der Waals surface area (Å²) >= 11 is 6.18. The number of aliphatic hydroxyl groups is 1. The van der Waals surface area contributed by atoms with E-state index in [0.717, 1.165) is 36.0 Å². The Morgan fingerprint density at radius 1 is 1.30 bits per heavy atom. The van der Waals surface area contributed by atoms with Gasteiger partial charge >= 0.3 is 0 Å². The number of hydrogen-bond acceptors (Lipinski definition) is 3. The van der Waals surface area contributed by atoms with E-state index < -0.39 is 0 Å². The summed E-state index contributed by atoms with van der Waals surface area (Å²) in [5.74, 6) is 0.964. The third-order valence-electron chi connectivity index (χ3n) is 4.05. The summed E-state index contributed by atoms with van der Waals surface area (Å²) in [7, 11) is 0. The number of aliphatic hydroxyl groups excluding tert-OH is 1. The summed E-state index contributed by atoms with van der Waals surface area (Å²) in [5.41, 5.74) is 0. The van der Waals surface area contributed by atoms with E-state index in [4.69, 9.17) is 11.6 Å². The summed E-state index contributed by atoms with van der Waals surface area (Å²) in [5, 5.41) is 12.1. The van der Waals surface area contributed by atoms with Gasteiger partial charge in [-0.05, 0) is 37.1 Å². The van der Waals surface area contributed by atoms with Crippen molar-refractivity contribution in [3.8, 4) is 0 Å². The highest BCUT2D eigenvalue weighted by atomic mass is 35.5. The van der Waals surface area contributed by atoms with Crippen molar-refractivity contribution in [2.75, 3.05) is 18.1 Å². The van der Waals surface area contributed by atoms with Crippen LogP contribution in [0.1, 0.15) is 25.7 Å². The molecule has 0 saturated carbocycles. The topological polar surface area (TPSA) is 36.4 Å². The number of hydrogen-bond donors (Lipinski definition) is 1. The van der Waals surface area contributed by atoms with Crippen LogP contribution in [0.4, 0.5) is 5.82 Å². The van der Waals surface area contributed by atoms with Gasteiger partial charge in [0.25, 0.3) is 0 Å². The highest BCUT2D eigenvalue weighted by molar-refractivity contribution is 6.30. The first kappa shape index (κ1) is 13.7. The van der Waals surface area contributed by atoms with Crippen LogP contribution in [-0.4, -0.2) is 29.3 Å². The van der Waals surface area contributed by atoms with Crippen LogP contribution in [0.3, 0.4) is 0 Å². The van der Waals surface area contributed by atoms with E-state index in [9.17, 15) is 5.11 Å². The molecular formula is C16H19ClN2O. The average Bonchev–Trinajstić information content (AvgIpc) is 2.47. The van der Waals surface area contributed by atoms with Crippen LogP contribution in [0.2, 0.25) is 5.15 Å². The second-order valence-corrected chi connectivity index (χ2v) is 5.73. The highest BCUT2D eigenvalue weighted by Gasteiger charge is 2.24. The SMILES string of the molecule is OCCC1CCCCN1c1nc(Cl)cc2ccccc12. The lowest BCUT2D eigenvalue weighted by atomic mass is 9.99. The van der Waals surface area contributed by atoms with Crippen molar-refractivity contribution in [2.24, 2.45) is 0 Å². The molecule has 1 aliphatic rings. The normalized spacial score (nSPS) is 19.5. The quantitative estimate of drug-likeness (QED) is 0.877. The number of nitrogens with zero attached hydrogens (tertiary/aromatic N) is 2. The zero-order valence-electron chi connectivity index (χ0n) is 11.4. The van der Waals surface area contributed by atoms with Crippen LogP contribution in [-0.2, 0) is 0 Å². The van der Waals surface area contributed by atoms with Gasteiger partial charge in [-0.25, -0.2) is 4.98 Å². The minimum absolute atomic E-state index is 0.222. The molecule has 1 aliphatic heterocycles. The average molecular weight is 291 g/mol. The maximum atomic E-state index is 9.28. The number of halogens is 1. The van der Waals surface area contributed by atoms with Crippen molar-refractivity contribution in [3.05, 3.63) is 35.5 Å². The number of rotatable bonds is 3. The molecule has 1 atom stereocenters. The van der Waals surface area contributed by atoms with E-state index in [2.05, 4.69) is 22.0 Å². The molecule has 0 aliphatic carbocycles. The van der Waals surface area contributed by atoms with Crippen LogP contribution < -0.4 is 4.90 Å². The number of anilines is 1. The van der Waals surface area contributed by atoms with E-state index in [1.807, 2.05) is 18.2 Å². The molecule has 106 valence electrons. The van der Waals surface area contributed by atoms with E-state index in [-0.39, 0.29) is 6.61 Å². The molecule has 1 saturated heterocycles. The molecule has 1 fully saturated rings. The molecule has 2 heterocycles. The Morgan fingerprint density at radius 3 is 3.00 bits per heavy atom. The summed E-state index contributed by atoms with van der Waals surface area (Å²) in [6.45, 7) is 1.21. The van der Waals surface area contributed by atoms with Crippen LogP contribution in [0.25, 0.3) is 10.8 Å². The van der Waals surface area contributed by atoms with E-state index in [0.29, 0.717) is 11.2 Å². The van der Waals surface area contributed by atoms with Crippen LogP contribution in [0, 0.1) is 0 Å².